The number of aromatic nitrogens is 3. The van der Waals surface area contributed by atoms with Gasteiger partial charge in [0.25, 0.3) is 0 Å². The number of primary amides is 1. The van der Waals surface area contributed by atoms with E-state index >= 15 is 0 Å². The van der Waals surface area contributed by atoms with E-state index in [-0.39, 0.29) is 96.8 Å². The molecule has 19 nitrogen and oxygen atoms in total. The number of amides is 2. The van der Waals surface area contributed by atoms with Crippen LogP contribution in [0.15, 0.2) is 50.4 Å². The van der Waals surface area contributed by atoms with E-state index in [2.05, 4.69) is 15.0 Å². The number of fused-ring (bicyclic) bond motifs is 8. The lowest BCUT2D eigenvalue weighted by Gasteiger charge is -2.33. The molecule has 5 N–H and O–H groups in total. The highest BCUT2D eigenvalue weighted by Gasteiger charge is 2.35. The molecule has 0 unspecified atom stereocenters. The molecule has 4 rings (SSSR count). The molecule has 0 radical (unpaired) electrons. The number of hydrogen-bond acceptors (Lipinski definition) is 17. The van der Waals surface area contributed by atoms with Gasteiger partial charge in [-0.25, -0.2) is 19.7 Å². The summed E-state index contributed by atoms with van der Waals surface area (Å²) in [6, 6.07) is 0. The Morgan fingerprint density at radius 2 is 1.62 bits per heavy atom. The number of Topliss-reactive ketones (excluding diaryl/α,β-unsaturated/α-hetero) is 1. The zero-order valence-electron chi connectivity index (χ0n) is 38.8. The predicted octanol–water partition coefficient (Wildman–Crippen LogP) is 5.89. The molecule has 4 heterocycles. The first-order valence-electron chi connectivity index (χ1n) is 22.0. The van der Waals surface area contributed by atoms with E-state index in [1.165, 1.54) is 30.8 Å². The van der Waals surface area contributed by atoms with Crippen LogP contribution < -0.4 is 5.73 Å². The SMILES string of the molecule is CO[C@H]([C@H](C)/C=C/N(C)C=O)[C@@H](C)C(=O)CC[C@H](C)[C@H](C[C@@H]1OC(=O)C[C@@H](OC(N)=O)C[C@H](C)C[C@H](O)[C@H](C)[C@@H](O)c2coc(n2)-c2coc(n2)-c2coc(n2)C=CC[C@H](O)[C@H]1C)OC. The molecular weight excluding hydrogens is 847 g/mol. The molecule has 65 heavy (non-hydrogen) atoms. The second-order valence-corrected chi connectivity index (χ2v) is 17.4. The number of carbonyl (C=O) groups is 4. The van der Waals surface area contributed by atoms with Crippen molar-refractivity contribution < 1.29 is 66.7 Å². The molecule has 6 bridgehead atoms. The molecule has 1 aliphatic heterocycles. The van der Waals surface area contributed by atoms with Gasteiger partial charge >= 0.3 is 12.1 Å². The zero-order chi connectivity index (χ0) is 48.0. The van der Waals surface area contributed by atoms with Crippen LogP contribution in [0.1, 0.15) is 104 Å². The molecule has 3 aromatic heterocycles. The minimum atomic E-state index is -1.23. The lowest BCUT2D eigenvalue weighted by atomic mass is 9.84. The fraction of sp³-hybridized carbons (Fsp3) is 0.630. The maximum atomic E-state index is 13.8. The molecule has 360 valence electrons. The molecule has 19 heteroatoms. The Hall–Kier alpha value is -5.21. The Bertz CT molecular complexity index is 2030. The molecule has 0 aromatic carbocycles. The summed E-state index contributed by atoms with van der Waals surface area (Å²) in [5, 5.41) is 33.9. The van der Waals surface area contributed by atoms with Gasteiger partial charge in [0.05, 0.1) is 30.8 Å². The molecule has 0 saturated carbocycles. The smallest absolute Gasteiger partial charge is 0.404 e. The van der Waals surface area contributed by atoms with E-state index in [4.69, 9.17) is 37.9 Å². The van der Waals surface area contributed by atoms with Crippen LogP contribution in [-0.4, -0.2) is 117 Å². The average Bonchev–Trinajstić information content (AvgIpc) is 4.07. The van der Waals surface area contributed by atoms with Crippen molar-refractivity contribution in [1.82, 2.24) is 19.9 Å². The topological polar surface area (TPSA) is 273 Å². The monoisotopic (exact) mass is 913 g/mol. The molecule has 2 amide bonds. The molecule has 0 saturated heterocycles. The first-order valence-corrected chi connectivity index (χ1v) is 22.0. The molecule has 0 spiro atoms. The van der Waals surface area contributed by atoms with E-state index in [0.717, 1.165) is 0 Å². The molecule has 0 fully saturated rings. The largest absolute Gasteiger partial charge is 0.462 e. The van der Waals surface area contributed by atoms with Crippen LogP contribution >= 0.6 is 0 Å². The number of cyclic esters (lactones) is 1. The summed E-state index contributed by atoms with van der Waals surface area (Å²) in [5.74, 6) is -2.86. The van der Waals surface area contributed by atoms with Crippen molar-refractivity contribution in [2.24, 2.45) is 41.2 Å². The number of methoxy groups -OCH3 is 2. The molecule has 0 aliphatic carbocycles. The second kappa shape index (κ2) is 24.9. The van der Waals surface area contributed by atoms with Crippen molar-refractivity contribution in [2.45, 2.75) is 129 Å². The maximum absolute atomic E-state index is 13.8. The number of ketones is 1. The normalized spacial score (nSPS) is 26.2. The number of carbonyl (C=O) groups excluding carboxylic acids is 4. The first-order chi connectivity index (χ1) is 30.8. The van der Waals surface area contributed by atoms with E-state index in [0.29, 0.717) is 12.8 Å². The summed E-state index contributed by atoms with van der Waals surface area (Å²) in [7, 11) is 4.70. The highest BCUT2D eigenvalue weighted by molar-refractivity contribution is 5.81. The summed E-state index contributed by atoms with van der Waals surface area (Å²) in [5.41, 5.74) is 6.10. The van der Waals surface area contributed by atoms with Crippen LogP contribution in [0.2, 0.25) is 0 Å². The number of aliphatic hydroxyl groups is 3. The first kappa shape index (κ1) is 52.4. The van der Waals surface area contributed by atoms with Crippen molar-refractivity contribution >= 4 is 30.3 Å². The minimum Gasteiger partial charge on any atom is -0.462 e. The van der Waals surface area contributed by atoms with Crippen LogP contribution in [0.3, 0.4) is 0 Å². The van der Waals surface area contributed by atoms with E-state index in [9.17, 15) is 34.5 Å². The number of rotatable bonds is 15. The van der Waals surface area contributed by atoms with Gasteiger partial charge in [-0.15, -0.1) is 0 Å². The van der Waals surface area contributed by atoms with Crippen LogP contribution in [-0.2, 0) is 33.3 Å². The van der Waals surface area contributed by atoms with Crippen LogP contribution in [0, 0.1) is 35.5 Å². The molecule has 3 aromatic rings. The van der Waals surface area contributed by atoms with Gasteiger partial charge in [-0.3, -0.25) is 14.4 Å². The van der Waals surface area contributed by atoms with Crippen molar-refractivity contribution in [1.29, 1.82) is 0 Å². The fourth-order valence-electron chi connectivity index (χ4n) is 8.07. The highest BCUT2D eigenvalue weighted by Crippen LogP contribution is 2.33. The summed E-state index contributed by atoms with van der Waals surface area (Å²) < 4.78 is 39.9. The lowest BCUT2D eigenvalue weighted by Crippen LogP contribution is -2.39. The van der Waals surface area contributed by atoms with E-state index < -0.39 is 72.5 Å². The lowest BCUT2D eigenvalue weighted by molar-refractivity contribution is -0.159. The predicted molar refractivity (Wildman–Crippen MR) is 235 cm³/mol. The van der Waals surface area contributed by atoms with Gasteiger partial charge in [-0.2, -0.15) is 0 Å². The highest BCUT2D eigenvalue weighted by atomic mass is 16.6. The molecule has 1 aliphatic rings. The number of oxazole rings is 3. The Morgan fingerprint density at radius 1 is 0.938 bits per heavy atom. The summed E-state index contributed by atoms with van der Waals surface area (Å²) >= 11 is 0. The number of aliphatic hydroxyl groups excluding tert-OH is 3. The standard InChI is InChI=1S/C46H67N5O14/c1-25-17-31(64-46(47)58)19-41(56)65-39(20-38(59-8)26(2)13-14-36(54)30(6)43(60-9)27(3)15-16-51(7)24-52)28(4)35(53)11-10-12-40-48-33(22-61-40)44-50-34(23-63-44)45-49-32(21-62-45)42(57)29(5)37(55)18-25/h10,12,15-16,21-31,35,37-39,42-43,53,55,57H,11,13-14,17-20H2,1-9H3,(H2,47,58)/b12-10?,16-15+/t25-,26-,27+,28+,29-,30-,31-,35-,37-,38-,39-,42+,43+/m0/s1. The van der Waals surface area contributed by atoms with Crippen molar-refractivity contribution in [3.05, 3.63) is 48.7 Å². The Morgan fingerprint density at radius 3 is 2.29 bits per heavy atom. The zero-order valence-corrected chi connectivity index (χ0v) is 38.8. The third-order valence-electron chi connectivity index (χ3n) is 12.3. The van der Waals surface area contributed by atoms with Crippen molar-refractivity contribution in [2.75, 3.05) is 21.3 Å². The number of hydrogen-bond donors (Lipinski definition) is 4. The maximum Gasteiger partial charge on any atom is 0.404 e. The summed E-state index contributed by atoms with van der Waals surface area (Å²) in [6.45, 7) is 10.9. The van der Waals surface area contributed by atoms with Crippen LogP contribution in [0.4, 0.5) is 4.79 Å². The second-order valence-electron chi connectivity index (χ2n) is 17.4. The van der Waals surface area contributed by atoms with Gasteiger partial charge in [-0.05, 0) is 43.6 Å². The van der Waals surface area contributed by atoms with Crippen molar-refractivity contribution in [3.63, 3.8) is 0 Å². The van der Waals surface area contributed by atoms with Crippen LogP contribution in [0.5, 0.6) is 0 Å². The number of nitrogens with zero attached hydrogens (tertiary/aromatic N) is 4. The summed E-state index contributed by atoms with van der Waals surface area (Å²) in [4.78, 5) is 64.9. The number of ether oxygens (including phenoxy) is 4. The summed E-state index contributed by atoms with van der Waals surface area (Å²) in [6.07, 6.45) is 4.84. The van der Waals surface area contributed by atoms with E-state index in [1.807, 2.05) is 26.8 Å². The minimum absolute atomic E-state index is 0.00968. The van der Waals surface area contributed by atoms with Crippen LogP contribution in [0.25, 0.3) is 29.2 Å². The van der Waals surface area contributed by atoms with Gasteiger partial charge < -0.3 is 58.2 Å². The van der Waals surface area contributed by atoms with Crippen molar-refractivity contribution in [3.8, 4) is 23.2 Å². The third-order valence-corrected chi connectivity index (χ3v) is 12.3. The number of esters is 1. The van der Waals surface area contributed by atoms with Gasteiger partial charge in [-0.1, -0.05) is 53.7 Å². The third kappa shape index (κ3) is 15.2. The average molecular weight is 914 g/mol. The van der Waals surface area contributed by atoms with E-state index in [1.54, 1.807) is 53.3 Å². The molecule has 13 atom stereocenters. The Kier molecular flexibility index (Phi) is 20.1. The number of nitrogens with two attached hydrogens (primary N) is 1. The Labute approximate surface area is 379 Å². The molecular formula is C46H67N5O14. The Balaban J connectivity index is 1.57. The van der Waals surface area contributed by atoms with Gasteiger partial charge in [0.1, 0.15) is 48.6 Å². The fourth-order valence-corrected chi connectivity index (χ4v) is 8.07. The van der Waals surface area contributed by atoms with Gasteiger partial charge in [0.15, 0.2) is 11.4 Å². The van der Waals surface area contributed by atoms with Gasteiger partial charge in [0.2, 0.25) is 24.1 Å². The quantitative estimate of drug-likeness (QED) is 0.102. The van der Waals surface area contributed by atoms with Gasteiger partial charge in [0, 0.05) is 64.0 Å².